The summed E-state index contributed by atoms with van der Waals surface area (Å²) in [5, 5.41) is 12.4. The fourth-order valence-corrected chi connectivity index (χ4v) is 1.46. The largest absolute Gasteiger partial charge is 0.381 e. The maximum atomic E-state index is 9.10. The van der Waals surface area contributed by atoms with Gasteiger partial charge in [-0.3, -0.25) is 5.32 Å². The molecule has 0 rings (SSSR count). The van der Waals surface area contributed by atoms with E-state index in [-0.39, 0.29) is 5.54 Å². The number of rotatable bonds is 10. The van der Waals surface area contributed by atoms with Crippen LogP contribution in [0.25, 0.3) is 0 Å². The lowest BCUT2D eigenvalue weighted by atomic mass is 9.98. The summed E-state index contributed by atoms with van der Waals surface area (Å²) >= 11 is 0. The summed E-state index contributed by atoms with van der Waals surface area (Å²) in [6, 6.07) is 2.35. The van der Waals surface area contributed by atoms with E-state index in [9.17, 15) is 0 Å². The summed E-state index contributed by atoms with van der Waals surface area (Å²) in [5.74, 6) is 0. The second-order valence-corrected chi connectivity index (χ2v) is 4.44. The molecular weight excluding hydrogens is 200 g/mol. The minimum absolute atomic E-state index is 0.385. The van der Waals surface area contributed by atoms with Crippen LogP contribution in [0.2, 0.25) is 0 Å². The van der Waals surface area contributed by atoms with Gasteiger partial charge < -0.3 is 4.74 Å². The Bertz CT molecular complexity index is 201. The zero-order valence-electron chi connectivity index (χ0n) is 11.0. The van der Waals surface area contributed by atoms with Crippen molar-refractivity contribution in [3.8, 4) is 6.07 Å². The first-order chi connectivity index (χ1) is 7.68. The molecule has 1 N–H and O–H groups in total. The van der Waals surface area contributed by atoms with Gasteiger partial charge in [-0.2, -0.15) is 5.26 Å². The molecule has 0 heterocycles. The first kappa shape index (κ1) is 15.4. The van der Waals surface area contributed by atoms with Crippen LogP contribution >= 0.6 is 0 Å². The van der Waals surface area contributed by atoms with Crippen molar-refractivity contribution in [1.82, 2.24) is 5.32 Å². The van der Waals surface area contributed by atoms with Crippen molar-refractivity contribution < 1.29 is 4.74 Å². The predicted octanol–water partition coefficient (Wildman–Crippen LogP) is 2.87. The molecule has 0 aromatic heterocycles. The van der Waals surface area contributed by atoms with Crippen molar-refractivity contribution in [1.29, 1.82) is 5.26 Å². The molecule has 0 aromatic rings. The number of hydrogen-bond donors (Lipinski definition) is 1. The Balaban J connectivity index is 3.58. The Kier molecular flexibility index (Phi) is 9.27. The molecule has 0 aliphatic carbocycles. The summed E-state index contributed by atoms with van der Waals surface area (Å²) in [6.45, 7) is 8.76. The van der Waals surface area contributed by atoms with Gasteiger partial charge in [-0.1, -0.05) is 20.3 Å². The van der Waals surface area contributed by atoms with Crippen LogP contribution in [-0.2, 0) is 4.74 Å². The predicted molar refractivity (Wildman–Crippen MR) is 67.3 cm³/mol. The molecule has 0 radical (unpaired) electrons. The van der Waals surface area contributed by atoms with Gasteiger partial charge in [0.25, 0.3) is 0 Å². The molecule has 0 bridgehead atoms. The molecule has 0 amide bonds. The van der Waals surface area contributed by atoms with Crippen LogP contribution in [0.3, 0.4) is 0 Å². The highest BCUT2D eigenvalue weighted by Gasteiger charge is 2.21. The molecule has 0 aromatic carbocycles. The third-order valence-corrected chi connectivity index (χ3v) is 2.62. The van der Waals surface area contributed by atoms with Gasteiger partial charge in [0.1, 0.15) is 5.54 Å². The number of unbranched alkanes of at least 4 members (excludes halogenated alkanes) is 1. The Labute approximate surface area is 100 Å². The summed E-state index contributed by atoms with van der Waals surface area (Å²) < 4.78 is 5.48. The lowest BCUT2D eigenvalue weighted by Crippen LogP contribution is -2.41. The molecule has 0 aliphatic rings. The molecule has 0 spiro atoms. The lowest BCUT2D eigenvalue weighted by molar-refractivity contribution is 0.123. The van der Waals surface area contributed by atoms with Crippen LogP contribution in [0.5, 0.6) is 0 Å². The molecule has 16 heavy (non-hydrogen) atoms. The van der Waals surface area contributed by atoms with Crippen LogP contribution in [-0.4, -0.2) is 25.3 Å². The second kappa shape index (κ2) is 9.62. The van der Waals surface area contributed by atoms with Crippen molar-refractivity contribution in [3.05, 3.63) is 0 Å². The molecule has 0 fully saturated rings. The van der Waals surface area contributed by atoms with Crippen LogP contribution in [0, 0.1) is 11.3 Å². The smallest absolute Gasteiger partial charge is 0.104 e. The SMILES string of the molecule is CCCCOCCCC(C)(C#N)NCCC. The highest BCUT2D eigenvalue weighted by Crippen LogP contribution is 2.11. The van der Waals surface area contributed by atoms with Gasteiger partial charge in [0, 0.05) is 13.2 Å². The van der Waals surface area contributed by atoms with Gasteiger partial charge in [0.2, 0.25) is 0 Å². The molecule has 94 valence electrons. The van der Waals surface area contributed by atoms with Crippen LogP contribution in [0.15, 0.2) is 0 Å². The maximum absolute atomic E-state index is 9.10. The Morgan fingerprint density at radius 1 is 1.19 bits per heavy atom. The molecule has 3 heteroatoms. The van der Waals surface area contributed by atoms with E-state index < -0.39 is 0 Å². The third-order valence-electron chi connectivity index (χ3n) is 2.62. The van der Waals surface area contributed by atoms with Gasteiger partial charge in [0.15, 0.2) is 0 Å². The summed E-state index contributed by atoms with van der Waals surface area (Å²) in [5.41, 5.74) is -0.385. The molecule has 1 atom stereocenters. The van der Waals surface area contributed by atoms with E-state index in [0.29, 0.717) is 0 Å². The number of hydrogen-bond acceptors (Lipinski definition) is 3. The molecule has 0 aliphatic heterocycles. The number of nitriles is 1. The fourth-order valence-electron chi connectivity index (χ4n) is 1.46. The quantitative estimate of drug-likeness (QED) is 0.583. The van der Waals surface area contributed by atoms with Crippen LogP contribution in [0.4, 0.5) is 0 Å². The molecule has 3 nitrogen and oxygen atoms in total. The standard InChI is InChI=1S/C13H26N2O/c1-4-6-10-16-11-7-8-13(3,12-14)15-9-5-2/h15H,4-11H2,1-3H3. The number of ether oxygens (including phenoxy) is 1. The zero-order chi connectivity index (χ0) is 12.3. The summed E-state index contributed by atoms with van der Waals surface area (Å²) in [6.07, 6.45) is 5.17. The Hall–Kier alpha value is -0.590. The first-order valence-electron chi connectivity index (χ1n) is 6.42. The Morgan fingerprint density at radius 3 is 2.44 bits per heavy atom. The Morgan fingerprint density at radius 2 is 1.88 bits per heavy atom. The van der Waals surface area contributed by atoms with Gasteiger partial charge in [-0.25, -0.2) is 0 Å². The second-order valence-electron chi connectivity index (χ2n) is 4.44. The number of nitrogens with zero attached hydrogens (tertiary/aromatic N) is 1. The topological polar surface area (TPSA) is 45.0 Å². The van der Waals surface area contributed by atoms with Crippen molar-refractivity contribution in [2.75, 3.05) is 19.8 Å². The minimum Gasteiger partial charge on any atom is -0.381 e. The van der Waals surface area contributed by atoms with E-state index in [1.165, 1.54) is 6.42 Å². The van der Waals surface area contributed by atoms with E-state index in [0.717, 1.165) is 45.4 Å². The minimum atomic E-state index is -0.385. The highest BCUT2D eigenvalue weighted by atomic mass is 16.5. The van der Waals surface area contributed by atoms with E-state index in [1.807, 2.05) is 6.92 Å². The van der Waals surface area contributed by atoms with E-state index in [2.05, 4.69) is 25.2 Å². The van der Waals surface area contributed by atoms with Gasteiger partial charge >= 0.3 is 0 Å². The van der Waals surface area contributed by atoms with Crippen molar-refractivity contribution in [2.45, 2.75) is 58.4 Å². The lowest BCUT2D eigenvalue weighted by Gasteiger charge is -2.22. The summed E-state index contributed by atoms with van der Waals surface area (Å²) in [7, 11) is 0. The van der Waals surface area contributed by atoms with Crippen LogP contribution < -0.4 is 5.32 Å². The average molecular weight is 226 g/mol. The maximum Gasteiger partial charge on any atom is 0.104 e. The van der Waals surface area contributed by atoms with E-state index in [1.54, 1.807) is 0 Å². The van der Waals surface area contributed by atoms with Crippen molar-refractivity contribution in [2.24, 2.45) is 0 Å². The van der Waals surface area contributed by atoms with Gasteiger partial charge in [-0.05, 0) is 39.2 Å². The molecule has 0 saturated carbocycles. The molecule has 1 unspecified atom stereocenters. The van der Waals surface area contributed by atoms with Crippen molar-refractivity contribution in [3.63, 3.8) is 0 Å². The van der Waals surface area contributed by atoms with Gasteiger partial charge in [-0.15, -0.1) is 0 Å². The van der Waals surface area contributed by atoms with E-state index in [4.69, 9.17) is 10.00 Å². The highest BCUT2D eigenvalue weighted by molar-refractivity contribution is 5.03. The van der Waals surface area contributed by atoms with Crippen LogP contribution in [0.1, 0.15) is 52.9 Å². The zero-order valence-corrected chi connectivity index (χ0v) is 11.0. The summed E-state index contributed by atoms with van der Waals surface area (Å²) in [4.78, 5) is 0. The van der Waals surface area contributed by atoms with E-state index >= 15 is 0 Å². The third kappa shape index (κ3) is 7.67. The van der Waals surface area contributed by atoms with Gasteiger partial charge in [0.05, 0.1) is 6.07 Å². The first-order valence-corrected chi connectivity index (χ1v) is 6.42. The fraction of sp³-hybridized carbons (Fsp3) is 0.923. The molecule has 0 saturated heterocycles. The average Bonchev–Trinajstić information content (AvgIpc) is 2.31. The normalized spacial score (nSPS) is 14.4. The number of nitrogens with one attached hydrogen (secondary N) is 1. The molecular formula is C13H26N2O. The monoisotopic (exact) mass is 226 g/mol. The van der Waals surface area contributed by atoms with Crippen molar-refractivity contribution >= 4 is 0 Å².